The molecular formula is C19H21N5O2S2. The lowest BCUT2D eigenvalue weighted by atomic mass is 10.2. The second-order valence-electron chi connectivity index (χ2n) is 6.00. The van der Waals surface area contributed by atoms with Gasteiger partial charge in [0.2, 0.25) is 5.91 Å². The van der Waals surface area contributed by atoms with Crippen LogP contribution in [0, 0.1) is 0 Å². The number of thioether (sulfide) groups is 1. The number of ketones is 1. The lowest BCUT2D eigenvalue weighted by Gasteiger charge is -2.06. The van der Waals surface area contributed by atoms with E-state index in [2.05, 4.69) is 20.5 Å². The van der Waals surface area contributed by atoms with Gasteiger partial charge in [0.1, 0.15) is 0 Å². The summed E-state index contributed by atoms with van der Waals surface area (Å²) in [6, 6.07) is 7.58. The van der Waals surface area contributed by atoms with Crippen LogP contribution in [0.25, 0.3) is 11.4 Å². The molecule has 0 saturated heterocycles. The largest absolute Gasteiger partial charge is 0.356 e. The molecule has 7 nitrogen and oxygen atoms in total. The third kappa shape index (κ3) is 5.05. The highest BCUT2D eigenvalue weighted by Gasteiger charge is 2.16. The van der Waals surface area contributed by atoms with Crippen molar-refractivity contribution in [2.24, 2.45) is 0 Å². The molecule has 3 heterocycles. The van der Waals surface area contributed by atoms with Crippen molar-refractivity contribution in [1.29, 1.82) is 0 Å². The summed E-state index contributed by atoms with van der Waals surface area (Å²) in [5, 5.41) is 12.0. The fraction of sp³-hybridized carbons (Fsp3) is 0.316. The molecule has 0 unspecified atom stereocenters. The van der Waals surface area contributed by atoms with Gasteiger partial charge in [0.15, 0.2) is 16.8 Å². The molecule has 0 aromatic carbocycles. The highest BCUT2D eigenvalue weighted by atomic mass is 32.2. The molecule has 0 aliphatic rings. The maximum atomic E-state index is 12.5. The first-order valence-electron chi connectivity index (χ1n) is 8.91. The molecule has 3 aromatic rings. The van der Waals surface area contributed by atoms with Crippen LogP contribution in [0.3, 0.4) is 0 Å². The van der Waals surface area contributed by atoms with Gasteiger partial charge in [0.25, 0.3) is 0 Å². The predicted molar refractivity (Wildman–Crippen MR) is 111 cm³/mol. The van der Waals surface area contributed by atoms with Gasteiger partial charge in [0, 0.05) is 42.8 Å². The first-order valence-corrected chi connectivity index (χ1v) is 10.7. The first kappa shape index (κ1) is 20.2. The van der Waals surface area contributed by atoms with Crippen LogP contribution in [-0.4, -0.2) is 43.7 Å². The van der Waals surface area contributed by atoms with E-state index in [1.165, 1.54) is 30.0 Å². The number of pyridine rings is 1. The maximum Gasteiger partial charge on any atom is 0.216 e. The van der Waals surface area contributed by atoms with E-state index in [0.717, 1.165) is 32.7 Å². The number of nitrogens with one attached hydrogen (secondary N) is 1. The summed E-state index contributed by atoms with van der Waals surface area (Å²) in [5.74, 6) is 1.10. The molecule has 0 radical (unpaired) electrons. The average Bonchev–Trinajstić information content (AvgIpc) is 3.33. The molecule has 0 atom stereocenters. The molecule has 0 aliphatic heterocycles. The Hall–Kier alpha value is -2.52. The molecule has 0 fully saturated rings. The van der Waals surface area contributed by atoms with E-state index in [0.29, 0.717) is 18.8 Å². The summed E-state index contributed by atoms with van der Waals surface area (Å²) in [5.41, 5.74) is 0.949. The van der Waals surface area contributed by atoms with Crippen LogP contribution in [0.15, 0.2) is 41.8 Å². The van der Waals surface area contributed by atoms with Crippen molar-refractivity contribution < 1.29 is 9.59 Å². The Labute approximate surface area is 171 Å². The number of hydrogen-bond acceptors (Lipinski definition) is 7. The van der Waals surface area contributed by atoms with Crippen molar-refractivity contribution in [1.82, 2.24) is 25.1 Å². The molecule has 1 amide bonds. The SMILES string of the molecule is CCn1c(SCC(=O)c2ccc(CCNC(C)=O)s2)nnc1-c1ccncc1. The number of carbonyl (C=O) groups is 2. The quantitative estimate of drug-likeness (QED) is 0.427. The molecular weight excluding hydrogens is 394 g/mol. The zero-order valence-electron chi connectivity index (χ0n) is 15.7. The summed E-state index contributed by atoms with van der Waals surface area (Å²) >= 11 is 2.87. The van der Waals surface area contributed by atoms with Crippen LogP contribution in [0.1, 0.15) is 28.4 Å². The zero-order chi connectivity index (χ0) is 19.9. The van der Waals surface area contributed by atoms with Crippen LogP contribution < -0.4 is 5.32 Å². The van der Waals surface area contributed by atoms with E-state index >= 15 is 0 Å². The third-order valence-corrected chi connectivity index (χ3v) is 6.14. The molecule has 1 N–H and O–H groups in total. The van der Waals surface area contributed by atoms with E-state index in [9.17, 15) is 9.59 Å². The Bertz CT molecular complexity index is 952. The van der Waals surface area contributed by atoms with Crippen molar-refractivity contribution in [2.75, 3.05) is 12.3 Å². The Kier molecular flexibility index (Phi) is 6.94. The zero-order valence-corrected chi connectivity index (χ0v) is 17.3. The summed E-state index contributed by atoms with van der Waals surface area (Å²) in [4.78, 5) is 29.3. The molecule has 3 aromatic heterocycles. The topological polar surface area (TPSA) is 89.8 Å². The number of nitrogens with zero attached hydrogens (tertiary/aromatic N) is 4. The molecule has 0 aliphatic carbocycles. The highest BCUT2D eigenvalue weighted by Crippen LogP contribution is 2.25. The molecule has 146 valence electrons. The molecule has 28 heavy (non-hydrogen) atoms. The molecule has 3 rings (SSSR count). The number of amides is 1. The fourth-order valence-corrected chi connectivity index (χ4v) is 4.54. The third-order valence-electron chi connectivity index (χ3n) is 3.99. The molecule has 0 saturated carbocycles. The summed E-state index contributed by atoms with van der Waals surface area (Å²) in [6.45, 7) is 4.82. The summed E-state index contributed by atoms with van der Waals surface area (Å²) < 4.78 is 2.00. The smallest absolute Gasteiger partial charge is 0.216 e. The minimum absolute atomic E-state index is 0.0459. The predicted octanol–water partition coefficient (Wildman–Crippen LogP) is 3.08. The van der Waals surface area contributed by atoms with Crippen molar-refractivity contribution in [3.05, 3.63) is 46.4 Å². The number of carbonyl (C=O) groups excluding carboxylic acids is 2. The lowest BCUT2D eigenvalue weighted by molar-refractivity contribution is -0.118. The van der Waals surface area contributed by atoms with E-state index in [1.807, 2.05) is 35.8 Å². The van der Waals surface area contributed by atoms with Gasteiger partial charge in [-0.3, -0.25) is 14.6 Å². The summed E-state index contributed by atoms with van der Waals surface area (Å²) in [7, 11) is 0. The molecule has 0 spiro atoms. The first-order chi connectivity index (χ1) is 13.6. The maximum absolute atomic E-state index is 12.5. The fourth-order valence-electron chi connectivity index (χ4n) is 2.62. The lowest BCUT2D eigenvalue weighted by Crippen LogP contribution is -2.22. The second kappa shape index (κ2) is 9.61. The van der Waals surface area contributed by atoms with E-state index in [-0.39, 0.29) is 11.7 Å². The van der Waals surface area contributed by atoms with Gasteiger partial charge in [-0.15, -0.1) is 21.5 Å². The van der Waals surface area contributed by atoms with Crippen LogP contribution in [0.4, 0.5) is 0 Å². The van der Waals surface area contributed by atoms with Gasteiger partial charge >= 0.3 is 0 Å². The van der Waals surface area contributed by atoms with E-state index < -0.39 is 0 Å². The second-order valence-corrected chi connectivity index (χ2v) is 8.11. The Morgan fingerprint density at radius 1 is 1.18 bits per heavy atom. The monoisotopic (exact) mass is 415 g/mol. The Balaban J connectivity index is 1.61. The van der Waals surface area contributed by atoms with Gasteiger partial charge in [-0.05, 0) is 37.6 Å². The summed E-state index contributed by atoms with van der Waals surface area (Å²) in [6.07, 6.45) is 4.17. The van der Waals surface area contributed by atoms with Gasteiger partial charge in [-0.1, -0.05) is 11.8 Å². The van der Waals surface area contributed by atoms with Crippen molar-refractivity contribution in [2.45, 2.75) is 32.0 Å². The minimum Gasteiger partial charge on any atom is -0.356 e. The molecule has 9 heteroatoms. The normalized spacial score (nSPS) is 10.8. The minimum atomic E-state index is -0.0459. The number of rotatable bonds is 9. The van der Waals surface area contributed by atoms with Gasteiger partial charge < -0.3 is 9.88 Å². The van der Waals surface area contributed by atoms with Crippen molar-refractivity contribution >= 4 is 34.8 Å². The van der Waals surface area contributed by atoms with Gasteiger partial charge in [0.05, 0.1) is 10.6 Å². The number of aromatic nitrogens is 4. The van der Waals surface area contributed by atoms with Crippen LogP contribution in [0.2, 0.25) is 0 Å². The van der Waals surface area contributed by atoms with Crippen molar-refractivity contribution in [3.63, 3.8) is 0 Å². The Morgan fingerprint density at radius 3 is 2.68 bits per heavy atom. The average molecular weight is 416 g/mol. The van der Waals surface area contributed by atoms with E-state index in [1.54, 1.807) is 12.4 Å². The highest BCUT2D eigenvalue weighted by molar-refractivity contribution is 7.99. The van der Waals surface area contributed by atoms with Gasteiger partial charge in [-0.25, -0.2) is 0 Å². The van der Waals surface area contributed by atoms with Crippen molar-refractivity contribution in [3.8, 4) is 11.4 Å². The van der Waals surface area contributed by atoms with Crippen LogP contribution in [0.5, 0.6) is 0 Å². The molecule has 0 bridgehead atoms. The standard InChI is InChI=1S/C19H21N5O2S2/c1-3-24-18(14-6-9-20-10-7-14)22-23-19(24)27-12-16(26)17-5-4-15(28-17)8-11-21-13(2)25/h4-7,9-10H,3,8,11-12H2,1-2H3,(H,21,25). The van der Waals surface area contributed by atoms with Gasteiger partial charge in [-0.2, -0.15) is 0 Å². The number of thiophene rings is 1. The number of hydrogen-bond donors (Lipinski definition) is 1. The van der Waals surface area contributed by atoms with Crippen LogP contribution >= 0.6 is 23.1 Å². The number of Topliss-reactive ketones (excluding diaryl/α,β-unsaturated/α-hetero) is 1. The van der Waals surface area contributed by atoms with Crippen LogP contribution in [-0.2, 0) is 17.8 Å². The Morgan fingerprint density at radius 2 is 1.96 bits per heavy atom. The van der Waals surface area contributed by atoms with E-state index in [4.69, 9.17) is 0 Å².